The van der Waals surface area contributed by atoms with Crippen LogP contribution < -0.4 is 9.64 Å². The lowest BCUT2D eigenvalue weighted by atomic mass is 9.92. The molecule has 1 amide bonds. The van der Waals surface area contributed by atoms with Crippen LogP contribution in [-0.2, 0) is 21.7 Å². The largest absolute Gasteiger partial charge is 0.497 e. The fourth-order valence-corrected chi connectivity index (χ4v) is 3.94. The van der Waals surface area contributed by atoms with Gasteiger partial charge in [0, 0.05) is 5.56 Å². The number of hydrogen-bond donors (Lipinski definition) is 0. The number of nitrogens with zero attached hydrogens (tertiary/aromatic N) is 1. The smallest absolute Gasteiger partial charge is 0.304 e. The summed E-state index contributed by atoms with van der Waals surface area (Å²) >= 11 is 0. The number of ketones is 1. The van der Waals surface area contributed by atoms with Crippen molar-refractivity contribution in [3.63, 3.8) is 0 Å². The molecule has 0 radical (unpaired) electrons. The van der Waals surface area contributed by atoms with E-state index in [1.807, 2.05) is 69.3 Å². The molecular weight excluding hydrogens is 390 g/mol. The van der Waals surface area contributed by atoms with Crippen LogP contribution in [0.1, 0.15) is 40.9 Å². The molecule has 0 spiro atoms. The molecule has 1 heterocycles. The first kappa shape index (κ1) is 20.8. The van der Waals surface area contributed by atoms with Gasteiger partial charge in [-0.1, -0.05) is 42.5 Å². The summed E-state index contributed by atoms with van der Waals surface area (Å²) in [5, 5.41) is 0. The van der Waals surface area contributed by atoms with E-state index in [0.29, 0.717) is 29.3 Å². The van der Waals surface area contributed by atoms with Crippen LogP contribution in [0.4, 0.5) is 11.4 Å². The molecule has 1 aliphatic rings. The van der Waals surface area contributed by atoms with Crippen molar-refractivity contribution in [2.75, 3.05) is 12.0 Å². The lowest BCUT2D eigenvalue weighted by Crippen LogP contribution is -2.31. The molecule has 1 aliphatic heterocycles. The minimum atomic E-state index is -0.759. The molecule has 0 N–H and O–H groups in total. The molecule has 4 rings (SSSR count). The molecule has 3 aromatic carbocycles. The predicted molar refractivity (Wildman–Crippen MR) is 120 cm³/mol. The second-order valence-electron chi connectivity index (χ2n) is 8.11. The number of Topliss-reactive ketones (excluding diaryl/α,β-unsaturated/α-hetero) is 1. The number of benzene rings is 3. The standard InChI is InChI=1S/C26H25NO4/c1-17-14-19(30-4)15-21(26(2,3)31-16-18-10-6-5-7-11-18)23(17)27-22-13-9-8-12-20(22)24(28)25(27)29/h5-15H,16H2,1-4H3. The van der Waals surface area contributed by atoms with Crippen LogP contribution >= 0.6 is 0 Å². The molecule has 0 saturated carbocycles. The zero-order valence-corrected chi connectivity index (χ0v) is 18.1. The van der Waals surface area contributed by atoms with E-state index < -0.39 is 17.3 Å². The van der Waals surface area contributed by atoms with Crippen LogP contribution in [0.2, 0.25) is 0 Å². The Morgan fingerprint density at radius 1 is 0.935 bits per heavy atom. The molecule has 5 nitrogen and oxygen atoms in total. The Morgan fingerprint density at radius 3 is 2.32 bits per heavy atom. The molecule has 5 heteroatoms. The minimum Gasteiger partial charge on any atom is -0.497 e. The zero-order chi connectivity index (χ0) is 22.2. The second kappa shape index (κ2) is 8.00. The molecule has 31 heavy (non-hydrogen) atoms. The summed E-state index contributed by atoms with van der Waals surface area (Å²) in [6.45, 7) is 6.24. The highest BCUT2D eigenvalue weighted by Crippen LogP contribution is 2.44. The number of fused-ring (bicyclic) bond motifs is 1. The van der Waals surface area contributed by atoms with Gasteiger partial charge < -0.3 is 9.47 Å². The molecule has 0 unspecified atom stereocenters. The van der Waals surface area contributed by atoms with Crippen molar-refractivity contribution in [3.8, 4) is 5.75 Å². The second-order valence-corrected chi connectivity index (χ2v) is 8.11. The number of carbonyl (C=O) groups is 2. The number of carbonyl (C=O) groups excluding carboxylic acids is 2. The van der Waals surface area contributed by atoms with E-state index in [4.69, 9.17) is 9.47 Å². The van der Waals surface area contributed by atoms with Gasteiger partial charge in [-0.15, -0.1) is 0 Å². The van der Waals surface area contributed by atoms with Crippen molar-refractivity contribution in [2.24, 2.45) is 0 Å². The third-order valence-corrected chi connectivity index (χ3v) is 5.61. The van der Waals surface area contributed by atoms with E-state index in [0.717, 1.165) is 16.7 Å². The average molecular weight is 415 g/mol. The quantitative estimate of drug-likeness (QED) is 0.512. The topological polar surface area (TPSA) is 55.8 Å². The number of para-hydroxylation sites is 1. The van der Waals surface area contributed by atoms with Gasteiger partial charge in [-0.3, -0.25) is 14.5 Å². The normalized spacial score (nSPS) is 13.5. The molecule has 0 saturated heterocycles. The Kier molecular flexibility index (Phi) is 5.38. The van der Waals surface area contributed by atoms with Gasteiger partial charge in [-0.25, -0.2) is 0 Å². The van der Waals surface area contributed by atoms with E-state index in [1.54, 1.807) is 25.3 Å². The minimum absolute atomic E-state index is 0.410. The van der Waals surface area contributed by atoms with Gasteiger partial charge in [0.25, 0.3) is 5.78 Å². The van der Waals surface area contributed by atoms with Gasteiger partial charge >= 0.3 is 5.91 Å². The fraction of sp³-hybridized carbons (Fsp3) is 0.231. The average Bonchev–Trinajstić information content (AvgIpc) is 3.03. The van der Waals surface area contributed by atoms with E-state index in [-0.39, 0.29) is 0 Å². The summed E-state index contributed by atoms with van der Waals surface area (Å²) in [5.74, 6) is -0.395. The molecule has 0 fully saturated rings. The maximum atomic E-state index is 13.0. The maximum Gasteiger partial charge on any atom is 0.304 e. The van der Waals surface area contributed by atoms with Crippen LogP contribution in [0.25, 0.3) is 0 Å². The van der Waals surface area contributed by atoms with Gasteiger partial charge in [0.2, 0.25) is 0 Å². The van der Waals surface area contributed by atoms with Gasteiger partial charge in [0.05, 0.1) is 36.3 Å². The fourth-order valence-electron chi connectivity index (χ4n) is 3.94. The van der Waals surface area contributed by atoms with Crippen LogP contribution in [-0.4, -0.2) is 18.8 Å². The predicted octanol–water partition coefficient (Wildman–Crippen LogP) is 5.32. The Bertz CT molecular complexity index is 1150. The monoisotopic (exact) mass is 415 g/mol. The third kappa shape index (κ3) is 3.73. The van der Waals surface area contributed by atoms with Crippen molar-refractivity contribution < 1.29 is 19.1 Å². The highest BCUT2D eigenvalue weighted by Gasteiger charge is 2.40. The third-order valence-electron chi connectivity index (χ3n) is 5.61. The molecular formula is C26H25NO4. The van der Waals surface area contributed by atoms with Crippen LogP contribution in [0.15, 0.2) is 66.7 Å². The van der Waals surface area contributed by atoms with Crippen molar-refractivity contribution in [2.45, 2.75) is 33.0 Å². The SMILES string of the molecule is COc1cc(C)c(N2C(=O)C(=O)c3ccccc32)c(C(C)(C)OCc2ccccc2)c1. The first-order valence-electron chi connectivity index (χ1n) is 10.2. The molecule has 0 bridgehead atoms. The molecule has 0 atom stereocenters. The number of anilines is 2. The Labute approximate surface area is 182 Å². The van der Waals surface area contributed by atoms with Gasteiger partial charge in [0.15, 0.2) is 0 Å². The van der Waals surface area contributed by atoms with Crippen LogP contribution in [0.3, 0.4) is 0 Å². The summed E-state index contributed by atoms with van der Waals surface area (Å²) in [6.07, 6.45) is 0. The first-order chi connectivity index (χ1) is 14.8. The number of methoxy groups -OCH3 is 1. The Balaban J connectivity index is 1.82. The number of aryl methyl sites for hydroxylation is 1. The summed E-state index contributed by atoms with van der Waals surface area (Å²) in [4.78, 5) is 27.2. The van der Waals surface area contributed by atoms with Gasteiger partial charge in [-0.2, -0.15) is 0 Å². The van der Waals surface area contributed by atoms with Crippen molar-refractivity contribution in [3.05, 3.63) is 89.0 Å². The zero-order valence-electron chi connectivity index (χ0n) is 18.1. The maximum absolute atomic E-state index is 13.0. The Morgan fingerprint density at radius 2 is 1.61 bits per heavy atom. The highest BCUT2D eigenvalue weighted by molar-refractivity contribution is 6.53. The van der Waals surface area contributed by atoms with E-state index in [2.05, 4.69) is 0 Å². The number of rotatable bonds is 6. The molecule has 0 aliphatic carbocycles. The van der Waals surface area contributed by atoms with Crippen molar-refractivity contribution in [1.29, 1.82) is 0 Å². The number of hydrogen-bond acceptors (Lipinski definition) is 4. The lowest BCUT2D eigenvalue weighted by Gasteiger charge is -2.32. The molecule has 0 aromatic heterocycles. The van der Waals surface area contributed by atoms with Crippen molar-refractivity contribution in [1.82, 2.24) is 0 Å². The Hall–Kier alpha value is -3.44. The van der Waals surface area contributed by atoms with E-state index >= 15 is 0 Å². The molecule has 158 valence electrons. The summed E-state index contributed by atoms with van der Waals surface area (Å²) < 4.78 is 11.8. The molecule has 3 aromatic rings. The van der Waals surface area contributed by atoms with Gasteiger partial charge in [0.1, 0.15) is 5.75 Å². The van der Waals surface area contributed by atoms with Gasteiger partial charge in [-0.05, 0) is 56.2 Å². The number of ether oxygens (including phenoxy) is 2. The summed E-state index contributed by atoms with van der Waals surface area (Å²) in [7, 11) is 1.61. The summed E-state index contributed by atoms with van der Waals surface area (Å²) in [6, 6.07) is 20.7. The summed E-state index contributed by atoms with van der Waals surface area (Å²) in [5.41, 5.74) is 3.55. The van der Waals surface area contributed by atoms with Crippen LogP contribution in [0, 0.1) is 6.92 Å². The lowest BCUT2D eigenvalue weighted by molar-refractivity contribution is -0.113. The highest BCUT2D eigenvalue weighted by atomic mass is 16.5. The van der Waals surface area contributed by atoms with E-state index in [1.165, 1.54) is 4.90 Å². The number of amides is 1. The van der Waals surface area contributed by atoms with Crippen molar-refractivity contribution >= 4 is 23.1 Å². The van der Waals surface area contributed by atoms with E-state index in [9.17, 15) is 9.59 Å². The van der Waals surface area contributed by atoms with Crippen LogP contribution in [0.5, 0.6) is 5.75 Å². The first-order valence-corrected chi connectivity index (χ1v) is 10.2.